The lowest BCUT2D eigenvalue weighted by atomic mass is 9.90. The van der Waals surface area contributed by atoms with E-state index in [1.54, 1.807) is 0 Å². The van der Waals surface area contributed by atoms with Crippen LogP contribution in [0.5, 0.6) is 0 Å². The Morgan fingerprint density at radius 3 is 3.05 bits per heavy atom. The van der Waals surface area contributed by atoms with Crippen LogP contribution in [0.4, 0.5) is 0 Å². The minimum atomic E-state index is 0.518. The molecule has 19 heavy (non-hydrogen) atoms. The summed E-state index contributed by atoms with van der Waals surface area (Å²) in [6.45, 7) is 3.64. The summed E-state index contributed by atoms with van der Waals surface area (Å²) < 4.78 is 3.49. The number of nitrogens with zero attached hydrogens (tertiary/aromatic N) is 2. The normalized spacial score (nSPS) is 18.4. The number of benzene rings is 1. The second kappa shape index (κ2) is 5.10. The maximum absolute atomic E-state index is 5.76. The maximum atomic E-state index is 5.76. The molecule has 2 heterocycles. The maximum Gasteiger partial charge on any atom is 0.122 e. The van der Waals surface area contributed by atoms with Crippen molar-refractivity contribution in [1.82, 2.24) is 9.55 Å². The number of halogens is 1. The number of hydrogen-bond acceptors (Lipinski definition) is 2. The highest BCUT2D eigenvalue weighted by Crippen LogP contribution is 2.31. The highest BCUT2D eigenvalue weighted by molar-refractivity contribution is 9.10. The third kappa shape index (κ3) is 2.35. The average Bonchev–Trinajstić information content (AvgIpc) is 2.84. The van der Waals surface area contributed by atoms with Crippen molar-refractivity contribution in [1.29, 1.82) is 0 Å². The van der Waals surface area contributed by atoms with E-state index in [9.17, 15) is 0 Å². The van der Waals surface area contributed by atoms with Gasteiger partial charge in [-0.3, -0.25) is 0 Å². The molecule has 0 amide bonds. The van der Waals surface area contributed by atoms with Crippen molar-refractivity contribution >= 4 is 15.9 Å². The van der Waals surface area contributed by atoms with Gasteiger partial charge in [0.25, 0.3) is 0 Å². The number of imidazole rings is 1. The van der Waals surface area contributed by atoms with E-state index in [1.165, 1.54) is 27.7 Å². The zero-order valence-electron chi connectivity index (χ0n) is 11.1. The molecule has 0 saturated carbocycles. The van der Waals surface area contributed by atoms with Gasteiger partial charge in [-0.25, -0.2) is 4.98 Å². The van der Waals surface area contributed by atoms with Gasteiger partial charge in [0.1, 0.15) is 5.82 Å². The van der Waals surface area contributed by atoms with Crippen LogP contribution < -0.4 is 5.73 Å². The third-order valence-corrected chi connectivity index (χ3v) is 4.88. The molecule has 4 heteroatoms. The Balaban J connectivity index is 1.90. The Kier molecular flexibility index (Phi) is 3.46. The predicted molar refractivity (Wildman–Crippen MR) is 80.1 cm³/mol. The van der Waals surface area contributed by atoms with Gasteiger partial charge in [-0.2, -0.15) is 0 Å². The number of rotatable bonds is 2. The zero-order chi connectivity index (χ0) is 13.4. The van der Waals surface area contributed by atoms with Crippen LogP contribution in [0.15, 0.2) is 28.9 Å². The first-order chi connectivity index (χ1) is 9.19. The van der Waals surface area contributed by atoms with Crippen molar-refractivity contribution in [2.75, 3.05) is 0 Å². The van der Waals surface area contributed by atoms with Crippen molar-refractivity contribution in [3.05, 3.63) is 51.5 Å². The van der Waals surface area contributed by atoms with Crippen LogP contribution in [0.2, 0.25) is 0 Å². The Bertz CT molecular complexity index is 590. The summed E-state index contributed by atoms with van der Waals surface area (Å²) in [5.41, 5.74) is 9.76. The van der Waals surface area contributed by atoms with E-state index in [1.807, 2.05) is 6.20 Å². The molecule has 0 radical (unpaired) electrons. The van der Waals surface area contributed by atoms with Crippen molar-refractivity contribution < 1.29 is 0 Å². The summed E-state index contributed by atoms with van der Waals surface area (Å²) >= 11 is 3.63. The van der Waals surface area contributed by atoms with Gasteiger partial charge in [0.05, 0.1) is 6.54 Å². The average molecular weight is 320 g/mol. The van der Waals surface area contributed by atoms with Crippen molar-refractivity contribution in [2.24, 2.45) is 5.73 Å². The fourth-order valence-corrected chi connectivity index (χ4v) is 3.20. The molecule has 1 aliphatic rings. The minimum Gasteiger partial charge on any atom is -0.330 e. The van der Waals surface area contributed by atoms with Gasteiger partial charge in [0.2, 0.25) is 0 Å². The first-order valence-corrected chi connectivity index (χ1v) is 7.47. The Hall–Kier alpha value is -1.13. The van der Waals surface area contributed by atoms with Crippen molar-refractivity contribution in [2.45, 2.75) is 38.8 Å². The highest BCUT2D eigenvalue weighted by atomic mass is 79.9. The van der Waals surface area contributed by atoms with Gasteiger partial charge in [-0.05, 0) is 37.0 Å². The van der Waals surface area contributed by atoms with Crippen LogP contribution in [0, 0.1) is 6.92 Å². The van der Waals surface area contributed by atoms with Crippen LogP contribution in [0.25, 0.3) is 0 Å². The van der Waals surface area contributed by atoms with Gasteiger partial charge in [-0.15, -0.1) is 0 Å². The summed E-state index contributed by atoms with van der Waals surface area (Å²) in [6, 6.07) is 6.69. The number of nitrogens with two attached hydrogens (primary N) is 1. The van der Waals surface area contributed by atoms with E-state index in [0.717, 1.165) is 18.8 Å². The van der Waals surface area contributed by atoms with E-state index < -0.39 is 0 Å². The standard InChI is InChI=1S/C15H18BrN3/c1-10-2-3-11(6-14(10)16)12-4-5-13-8-18-15(7-17)19(13)9-12/h2-3,6,8,12H,4-5,7,9,17H2,1H3. The topological polar surface area (TPSA) is 43.8 Å². The Morgan fingerprint density at radius 1 is 1.47 bits per heavy atom. The summed E-state index contributed by atoms with van der Waals surface area (Å²) in [6.07, 6.45) is 4.25. The lowest BCUT2D eigenvalue weighted by Crippen LogP contribution is -2.21. The van der Waals surface area contributed by atoms with E-state index >= 15 is 0 Å². The molecule has 0 fully saturated rings. The molecule has 3 rings (SSSR count). The molecule has 1 aliphatic heterocycles. The van der Waals surface area contributed by atoms with E-state index in [4.69, 9.17) is 5.73 Å². The molecular weight excluding hydrogens is 302 g/mol. The number of aryl methyl sites for hydroxylation is 2. The molecule has 0 spiro atoms. The zero-order valence-corrected chi connectivity index (χ0v) is 12.7. The number of hydrogen-bond donors (Lipinski definition) is 1. The largest absolute Gasteiger partial charge is 0.330 e. The monoisotopic (exact) mass is 319 g/mol. The summed E-state index contributed by atoms with van der Waals surface area (Å²) in [5.74, 6) is 1.56. The third-order valence-electron chi connectivity index (χ3n) is 4.02. The summed E-state index contributed by atoms with van der Waals surface area (Å²) in [4.78, 5) is 4.40. The first-order valence-electron chi connectivity index (χ1n) is 6.68. The lowest BCUT2D eigenvalue weighted by Gasteiger charge is -2.26. The fourth-order valence-electron chi connectivity index (χ4n) is 2.81. The molecule has 2 N–H and O–H groups in total. The molecule has 100 valence electrons. The molecule has 0 saturated heterocycles. The van der Waals surface area contributed by atoms with Crippen LogP contribution in [-0.4, -0.2) is 9.55 Å². The first kappa shape index (κ1) is 12.9. The predicted octanol–water partition coefficient (Wildman–Crippen LogP) is 3.14. The molecule has 0 aliphatic carbocycles. The van der Waals surface area contributed by atoms with Gasteiger partial charge >= 0.3 is 0 Å². The number of fused-ring (bicyclic) bond motifs is 1. The second-order valence-corrected chi connectivity index (χ2v) is 6.08. The van der Waals surface area contributed by atoms with Crippen LogP contribution in [0.1, 0.15) is 35.0 Å². The van der Waals surface area contributed by atoms with Gasteiger partial charge in [-0.1, -0.05) is 28.1 Å². The van der Waals surface area contributed by atoms with Gasteiger partial charge < -0.3 is 10.3 Å². The SMILES string of the molecule is Cc1ccc(C2CCc3cnc(CN)n3C2)cc1Br. The second-order valence-electron chi connectivity index (χ2n) is 5.22. The molecule has 1 aromatic carbocycles. The fraction of sp³-hybridized carbons (Fsp3) is 0.400. The Labute approximate surface area is 122 Å². The molecule has 0 bridgehead atoms. The summed E-state index contributed by atoms with van der Waals surface area (Å²) in [7, 11) is 0. The van der Waals surface area contributed by atoms with Gasteiger partial charge in [0, 0.05) is 28.8 Å². The van der Waals surface area contributed by atoms with Crippen molar-refractivity contribution in [3.63, 3.8) is 0 Å². The molecule has 1 unspecified atom stereocenters. The van der Waals surface area contributed by atoms with Crippen LogP contribution >= 0.6 is 15.9 Å². The van der Waals surface area contributed by atoms with E-state index in [0.29, 0.717) is 12.5 Å². The quantitative estimate of drug-likeness (QED) is 0.924. The van der Waals surface area contributed by atoms with E-state index in [2.05, 4.69) is 50.6 Å². The van der Waals surface area contributed by atoms with E-state index in [-0.39, 0.29) is 0 Å². The summed E-state index contributed by atoms with van der Waals surface area (Å²) in [5, 5.41) is 0. The van der Waals surface area contributed by atoms with Gasteiger partial charge in [0.15, 0.2) is 0 Å². The van der Waals surface area contributed by atoms with Crippen LogP contribution in [0.3, 0.4) is 0 Å². The molecule has 2 aromatic rings. The molecule has 1 aromatic heterocycles. The smallest absolute Gasteiger partial charge is 0.122 e. The lowest BCUT2D eigenvalue weighted by molar-refractivity contribution is 0.451. The Morgan fingerprint density at radius 2 is 2.32 bits per heavy atom. The highest BCUT2D eigenvalue weighted by Gasteiger charge is 2.22. The number of aromatic nitrogens is 2. The molecule has 1 atom stereocenters. The van der Waals surface area contributed by atoms with Crippen LogP contribution in [-0.2, 0) is 19.5 Å². The molecule has 3 nitrogen and oxygen atoms in total. The van der Waals surface area contributed by atoms with Crippen molar-refractivity contribution in [3.8, 4) is 0 Å². The molecular formula is C15H18BrN3. The minimum absolute atomic E-state index is 0.518.